The lowest BCUT2D eigenvalue weighted by molar-refractivity contribution is -0.123. The molecule has 1 aromatic heterocycles. The van der Waals surface area contributed by atoms with E-state index < -0.39 is 0 Å². The molecule has 3 N–H and O–H groups in total. The lowest BCUT2D eigenvalue weighted by atomic mass is 10.1. The largest absolute Gasteiger partial charge is 0.382 e. The van der Waals surface area contributed by atoms with E-state index in [4.69, 9.17) is 4.74 Å². The summed E-state index contributed by atoms with van der Waals surface area (Å²) in [5.74, 6) is 0.443. The highest BCUT2D eigenvalue weighted by Gasteiger charge is 2.24. The van der Waals surface area contributed by atoms with E-state index in [-0.39, 0.29) is 23.7 Å². The molecule has 26 heavy (non-hydrogen) atoms. The number of anilines is 1. The number of aromatic amines is 1. The third-order valence-electron chi connectivity index (χ3n) is 4.49. The number of halogens is 1. The number of rotatable bonds is 5. The van der Waals surface area contributed by atoms with Crippen LogP contribution in [0, 0.1) is 11.7 Å². The van der Waals surface area contributed by atoms with Gasteiger partial charge in [0.05, 0.1) is 18.2 Å². The molecule has 140 valence electrons. The highest BCUT2D eigenvalue weighted by Crippen LogP contribution is 2.25. The molecular weight excluding hydrogens is 337 g/mol. The minimum atomic E-state index is -0.343. The first kappa shape index (κ1) is 18.3. The molecule has 1 amide bonds. The Kier molecular flexibility index (Phi) is 5.82. The van der Waals surface area contributed by atoms with Gasteiger partial charge < -0.3 is 10.1 Å². The Labute approximate surface area is 151 Å². The van der Waals surface area contributed by atoms with Crippen LogP contribution in [-0.2, 0) is 9.53 Å². The molecule has 1 unspecified atom stereocenters. The lowest BCUT2D eigenvalue weighted by Gasteiger charge is -2.15. The van der Waals surface area contributed by atoms with E-state index in [0.717, 1.165) is 25.7 Å². The summed E-state index contributed by atoms with van der Waals surface area (Å²) in [4.78, 5) is 17.0. The summed E-state index contributed by atoms with van der Waals surface area (Å²) in [5.41, 5.74) is 0.568. The number of nitrogens with zero attached hydrogens (tertiary/aromatic N) is 2. The number of ether oxygens (including phenoxy) is 1. The summed E-state index contributed by atoms with van der Waals surface area (Å²) in [6, 6.07) is 4.22. The maximum absolute atomic E-state index is 13.3. The fraction of sp³-hybridized carbons (Fsp3) is 0.500. The van der Waals surface area contributed by atoms with Gasteiger partial charge >= 0.3 is 0 Å². The third-order valence-corrected chi connectivity index (χ3v) is 4.49. The smallest absolute Gasteiger partial charge is 0.229 e. The Morgan fingerprint density at radius 1 is 1.46 bits per heavy atom. The van der Waals surface area contributed by atoms with Crippen LogP contribution in [-0.4, -0.2) is 41.8 Å². The maximum Gasteiger partial charge on any atom is 0.229 e. The number of hydrogen-bond acceptors (Lipinski definition) is 4. The number of nitrogens with one attached hydrogen (secondary N) is 3. The van der Waals surface area contributed by atoms with E-state index in [1.54, 1.807) is 13.2 Å². The fourth-order valence-electron chi connectivity index (χ4n) is 3.20. The molecule has 7 nitrogen and oxygen atoms in total. The van der Waals surface area contributed by atoms with Crippen molar-refractivity contribution in [2.24, 2.45) is 10.9 Å². The molecule has 2 aromatic rings. The lowest BCUT2D eigenvalue weighted by Crippen LogP contribution is -2.40. The molecule has 1 saturated carbocycles. The Morgan fingerprint density at radius 2 is 2.23 bits per heavy atom. The summed E-state index contributed by atoms with van der Waals surface area (Å²) in [6.45, 7) is 2.32. The van der Waals surface area contributed by atoms with Crippen molar-refractivity contribution in [1.29, 1.82) is 0 Å². The van der Waals surface area contributed by atoms with Crippen molar-refractivity contribution in [3.8, 4) is 0 Å². The van der Waals surface area contributed by atoms with E-state index in [0.29, 0.717) is 29.3 Å². The quantitative estimate of drug-likeness (QED) is 0.564. The van der Waals surface area contributed by atoms with Crippen molar-refractivity contribution >= 4 is 28.6 Å². The number of amides is 1. The number of aliphatic imine (C=N–C) groups is 1. The SMILES string of the molecule is COCC(C)N=C(NC(=O)C1CCCC1)Nc1n[nH]c2cc(F)ccc12. The number of aromatic nitrogens is 2. The monoisotopic (exact) mass is 361 g/mol. The molecule has 1 aliphatic carbocycles. The van der Waals surface area contributed by atoms with E-state index in [2.05, 4.69) is 25.8 Å². The van der Waals surface area contributed by atoms with Crippen LogP contribution < -0.4 is 10.6 Å². The molecule has 0 spiro atoms. The average molecular weight is 361 g/mol. The zero-order valence-corrected chi connectivity index (χ0v) is 15.0. The van der Waals surface area contributed by atoms with E-state index in [1.165, 1.54) is 12.1 Å². The molecule has 1 atom stereocenters. The maximum atomic E-state index is 13.3. The highest BCUT2D eigenvalue weighted by molar-refractivity contribution is 6.07. The van der Waals surface area contributed by atoms with Gasteiger partial charge in [0.25, 0.3) is 0 Å². The predicted molar refractivity (Wildman–Crippen MR) is 98.5 cm³/mol. The van der Waals surface area contributed by atoms with Crippen molar-refractivity contribution in [3.05, 3.63) is 24.0 Å². The van der Waals surface area contributed by atoms with Crippen molar-refractivity contribution in [2.75, 3.05) is 19.0 Å². The summed E-state index contributed by atoms with van der Waals surface area (Å²) in [6.07, 6.45) is 3.95. The zero-order chi connectivity index (χ0) is 18.5. The number of methoxy groups -OCH3 is 1. The number of H-pyrrole nitrogens is 1. The number of benzene rings is 1. The first-order valence-corrected chi connectivity index (χ1v) is 8.85. The van der Waals surface area contributed by atoms with Gasteiger partial charge in [-0.2, -0.15) is 5.10 Å². The van der Waals surface area contributed by atoms with Gasteiger partial charge in [-0.1, -0.05) is 12.8 Å². The average Bonchev–Trinajstić information content (AvgIpc) is 3.25. The molecule has 0 bridgehead atoms. The molecule has 0 saturated heterocycles. The fourth-order valence-corrected chi connectivity index (χ4v) is 3.20. The molecule has 1 aliphatic rings. The number of carbonyl (C=O) groups is 1. The number of guanidine groups is 1. The van der Waals surface area contributed by atoms with Gasteiger partial charge in [0.2, 0.25) is 11.9 Å². The molecule has 0 radical (unpaired) electrons. The molecule has 1 heterocycles. The van der Waals surface area contributed by atoms with E-state index in [1.807, 2.05) is 6.92 Å². The van der Waals surface area contributed by atoms with Crippen LogP contribution in [0.2, 0.25) is 0 Å². The molecule has 0 aliphatic heterocycles. The van der Waals surface area contributed by atoms with Gasteiger partial charge in [-0.25, -0.2) is 9.38 Å². The van der Waals surface area contributed by atoms with Crippen LogP contribution in [0.25, 0.3) is 10.9 Å². The van der Waals surface area contributed by atoms with E-state index >= 15 is 0 Å². The molecule has 1 aromatic carbocycles. The van der Waals surface area contributed by atoms with Crippen molar-refractivity contribution < 1.29 is 13.9 Å². The Morgan fingerprint density at radius 3 is 2.96 bits per heavy atom. The minimum Gasteiger partial charge on any atom is -0.382 e. The number of hydrogen-bond donors (Lipinski definition) is 3. The van der Waals surface area contributed by atoms with Crippen molar-refractivity contribution in [1.82, 2.24) is 15.5 Å². The zero-order valence-electron chi connectivity index (χ0n) is 15.0. The van der Waals surface area contributed by atoms with Crippen LogP contribution >= 0.6 is 0 Å². The van der Waals surface area contributed by atoms with Gasteiger partial charge in [-0.15, -0.1) is 0 Å². The Balaban J connectivity index is 1.80. The summed E-state index contributed by atoms with van der Waals surface area (Å²) in [5, 5.41) is 13.6. The first-order valence-electron chi connectivity index (χ1n) is 8.85. The molecule has 8 heteroatoms. The standard InChI is InChI=1S/C18H24FN5O2/c1-11(10-26-2)20-18(22-17(25)12-5-3-4-6-12)21-16-14-8-7-13(19)9-15(14)23-24-16/h7-9,11-12H,3-6,10H2,1-2H3,(H3,20,21,22,23,24,25). The normalized spacial score (nSPS) is 16.8. The van der Waals surface area contributed by atoms with Crippen LogP contribution in [0.3, 0.4) is 0 Å². The Hall–Kier alpha value is -2.48. The van der Waals surface area contributed by atoms with Gasteiger partial charge in [0.15, 0.2) is 5.82 Å². The molecule has 1 fully saturated rings. The number of carbonyl (C=O) groups excluding carboxylic acids is 1. The predicted octanol–water partition coefficient (Wildman–Crippen LogP) is 2.81. The first-order chi connectivity index (χ1) is 12.6. The van der Waals surface area contributed by atoms with Crippen LogP contribution in [0.4, 0.5) is 10.2 Å². The summed E-state index contributed by atoms with van der Waals surface area (Å²) in [7, 11) is 1.60. The van der Waals surface area contributed by atoms with E-state index in [9.17, 15) is 9.18 Å². The summed E-state index contributed by atoms with van der Waals surface area (Å²) < 4.78 is 18.5. The second-order valence-corrected chi connectivity index (χ2v) is 6.64. The van der Waals surface area contributed by atoms with Gasteiger partial charge in [-0.3, -0.25) is 15.2 Å². The Bertz CT molecular complexity index is 798. The van der Waals surface area contributed by atoms with Gasteiger partial charge in [0, 0.05) is 18.4 Å². The van der Waals surface area contributed by atoms with Crippen LogP contribution in [0.5, 0.6) is 0 Å². The van der Waals surface area contributed by atoms with Crippen molar-refractivity contribution in [3.63, 3.8) is 0 Å². The molecular formula is C18H24FN5O2. The second-order valence-electron chi connectivity index (χ2n) is 6.64. The van der Waals surface area contributed by atoms with Crippen LogP contribution in [0.1, 0.15) is 32.6 Å². The minimum absolute atomic E-state index is 0.0183. The van der Waals surface area contributed by atoms with Crippen LogP contribution in [0.15, 0.2) is 23.2 Å². The topological polar surface area (TPSA) is 91.4 Å². The highest BCUT2D eigenvalue weighted by atomic mass is 19.1. The second kappa shape index (κ2) is 8.27. The number of fused-ring (bicyclic) bond motifs is 1. The van der Waals surface area contributed by atoms with Crippen molar-refractivity contribution in [2.45, 2.75) is 38.6 Å². The summed E-state index contributed by atoms with van der Waals surface area (Å²) >= 11 is 0. The van der Waals surface area contributed by atoms with Gasteiger partial charge in [-0.05, 0) is 38.0 Å². The van der Waals surface area contributed by atoms with Gasteiger partial charge in [0.1, 0.15) is 5.82 Å². The molecule has 3 rings (SSSR count). The third kappa shape index (κ3) is 4.37.